The summed E-state index contributed by atoms with van der Waals surface area (Å²) in [6.45, 7) is 3.78. The van der Waals surface area contributed by atoms with Crippen LogP contribution in [-0.4, -0.2) is 0 Å². The Morgan fingerprint density at radius 1 is 1.20 bits per heavy atom. The maximum Gasteiger partial charge on any atom is 0.132 e. The molecule has 1 heterocycles. The summed E-state index contributed by atoms with van der Waals surface area (Å²) in [5.74, 6) is -0.202. The van der Waals surface area contributed by atoms with Crippen LogP contribution in [0.4, 0.5) is 10.1 Å². The number of aryl methyl sites for hydroxylation is 2. The van der Waals surface area contributed by atoms with Crippen molar-refractivity contribution < 1.29 is 4.39 Å². The minimum atomic E-state index is -0.202. The molecule has 1 aromatic heterocycles. The lowest BCUT2D eigenvalue weighted by Crippen LogP contribution is -1.93. The van der Waals surface area contributed by atoms with Gasteiger partial charge in [0, 0.05) is 16.1 Å². The second kappa shape index (κ2) is 3.66. The summed E-state index contributed by atoms with van der Waals surface area (Å²) in [7, 11) is 0. The van der Waals surface area contributed by atoms with Gasteiger partial charge in [-0.05, 0) is 48.6 Å². The molecule has 1 nitrogen and oxygen atoms in total. The molecule has 0 radical (unpaired) electrons. The zero-order chi connectivity index (χ0) is 11.0. The number of anilines is 1. The first kappa shape index (κ1) is 10.2. The van der Waals surface area contributed by atoms with E-state index in [1.807, 2.05) is 25.3 Å². The van der Waals surface area contributed by atoms with Crippen molar-refractivity contribution in [1.82, 2.24) is 0 Å². The van der Waals surface area contributed by atoms with Gasteiger partial charge < -0.3 is 5.73 Å². The normalized spacial score (nSPS) is 10.6. The molecule has 2 N–H and O–H groups in total. The Kier molecular flexibility index (Phi) is 2.49. The van der Waals surface area contributed by atoms with Gasteiger partial charge >= 0.3 is 0 Å². The largest absolute Gasteiger partial charge is 0.398 e. The summed E-state index contributed by atoms with van der Waals surface area (Å²) in [5, 5.41) is 1.96. The number of nitrogen functional groups attached to an aromatic ring is 1. The van der Waals surface area contributed by atoms with E-state index in [4.69, 9.17) is 5.73 Å². The summed E-state index contributed by atoms with van der Waals surface area (Å²) in [5.41, 5.74) is 8.89. The van der Waals surface area contributed by atoms with E-state index in [-0.39, 0.29) is 5.82 Å². The quantitative estimate of drug-likeness (QED) is 0.729. The predicted octanol–water partition coefficient (Wildman–Crippen LogP) is 3.75. The van der Waals surface area contributed by atoms with Crippen molar-refractivity contribution in [2.75, 3.05) is 5.73 Å². The average molecular weight is 221 g/mol. The fourth-order valence-electron chi connectivity index (χ4n) is 1.51. The van der Waals surface area contributed by atoms with Gasteiger partial charge in [-0.1, -0.05) is 0 Å². The van der Waals surface area contributed by atoms with Gasteiger partial charge in [0.1, 0.15) is 5.82 Å². The van der Waals surface area contributed by atoms with E-state index >= 15 is 0 Å². The molecule has 0 saturated heterocycles. The van der Waals surface area contributed by atoms with Crippen LogP contribution in [0.1, 0.15) is 11.1 Å². The van der Waals surface area contributed by atoms with Crippen LogP contribution in [0.5, 0.6) is 0 Å². The fraction of sp³-hybridized carbons (Fsp3) is 0.167. The van der Waals surface area contributed by atoms with Crippen LogP contribution in [0.25, 0.3) is 10.4 Å². The Bertz CT molecular complexity index is 502. The Hall–Kier alpha value is -1.35. The molecule has 0 unspecified atom stereocenters. The highest BCUT2D eigenvalue weighted by Crippen LogP contribution is 2.33. The first-order valence-electron chi connectivity index (χ1n) is 4.69. The average Bonchev–Trinajstić information content (AvgIpc) is 2.58. The van der Waals surface area contributed by atoms with Crippen LogP contribution in [0.2, 0.25) is 0 Å². The highest BCUT2D eigenvalue weighted by molar-refractivity contribution is 7.13. The fourth-order valence-corrected chi connectivity index (χ4v) is 2.46. The van der Waals surface area contributed by atoms with Crippen LogP contribution in [0.3, 0.4) is 0 Å². The van der Waals surface area contributed by atoms with E-state index < -0.39 is 0 Å². The molecule has 3 heteroatoms. The Morgan fingerprint density at radius 2 is 1.93 bits per heavy atom. The molecule has 0 saturated carbocycles. The Labute approximate surface area is 92.4 Å². The lowest BCUT2D eigenvalue weighted by molar-refractivity contribution is 0.630. The molecule has 2 rings (SSSR count). The van der Waals surface area contributed by atoms with Gasteiger partial charge in [-0.3, -0.25) is 0 Å². The van der Waals surface area contributed by atoms with E-state index in [0.717, 1.165) is 16.0 Å². The molecule has 78 valence electrons. The van der Waals surface area contributed by atoms with Gasteiger partial charge in [0.15, 0.2) is 0 Å². The second-order valence-corrected chi connectivity index (χ2v) is 4.54. The van der Waals surface area contributed by atoms with Crippen LogP contribution in [-0.2, 0) is 0 Å². The minimum Gasteiger partial charge on any atom is -0.398 e. The monoisotopic (exact) mass is 221 g/mol. The number of thiophene rings is 1. The van der Waals surface area contributed by atoms with Gasteiger partial charge in [-0.25, -0.2) is 4.39 Å². The van der Waals surface area contributed by atoms with Crippen LogP contribution < -0.4 is 5.73 Å². The van der Waals surface area contributed by atoms with Crippen molar-refractivity contribution in [2.24, 2.45) is 0 Å². The Morgan fingerprint density at radius 3 is 2.53 bits per heavy atom. The van der Waals surface area contributed by atoms with Gasteiger partial charge in [0.25, 0.3) is 0 Å². The van der Waals surface area contributed by atoms with E-state index in [1.165, 1.54) is 17.4 Å². The van der Waals surface area contributed by atoms with Crippen LogP contribution >= 0.6 is 11.3 Å². The standard InChI is InChI=1S/C12H12FNS/c1-7-3-4-15-12(7)9-6-11(14)8(2)5-10(9)13/h3-6H,14H2,1-2H3. The third kappa shape index (κ3) is 1.75. The molecule has 0 aliphatic carbocycles. The summed E-state index contributed by atoms with van der Waals surface area (Å²) in [6, 6.07) is 5.18. The molecule has 0 bridgehead atoms. The molecule has 15 heavy (non-hydrogen) atoms. The third-order valence-electron chi connectivity index (χ3n) is 2.46. The highest BCUT2D eigenvalue weighted by atomic mass is 32.1. The predicted molar refractivity (Wildman–Crippen MR) is 63.6 cm³/mol. The molecule has 0 spiro atoms. The maximum atomic E-state index is 13.7. The molecular formula is C12H12FNS. The van der Waals surface area contributed by atoms with Gasteiger partial charge in [0.05, 0.1) is 0 Å². The van der Waals surface area contributed by atoms with E-state index in [0.29, 0.717) is 11.3 Å². The van der Waals surface area contributed by atoms with E-state index in [2.05, 4.69) is 0 Å². The Balaban J connectivity index is 2.64. The smallest absolute Gasteiger partial charge is 0.132 e. The van der Waals surface area contributed by atoms with E-state index in [1.54, 1.807) is 6.07 Å². The first-order valence-corrected chi connectivity index (χ1v) is 5.57. The summed E-state index contributed by atoms with van der Waals surface area (Å²) in [4.78, 5) is 0.958. The van der Waals surface area contributed by atoms with Crippen molar-refractivity contribution in [3.8, 4) is 10.4 Å². The maximum absolute atomic E-state index is 13.7. The van der Waals surface area contributed by atoms with Gasteiger partial charge in [-0.15, -0.1) is 11.3 Å². The SMILES string of the molecule is Cc1cc(F)c(-c2sccc2C)cc1N. The zero-order valence-electron chi connectivity index (χ0n) is 8.67. The van der Waals surface area contributed by atoms with Gasteiger partial charge in [0.2, 0.25) is 0 Å². The summed E-state index contributed by atoms with van der Waals surface area (Å²) >= 11 is 1.54. The summed E-state index contributed by atoms with van der Waals surface area (Å²) < 4.78 is 13.7. The number of halogens is 1. The van der Waals surface area contributed by atoms with E-state index in [9.17, 15) is 4.39 Å². The first-order chi connectivity index (χ1) is 7.09. The number of rotatable bonds is 1. The number of hydrogen-bond acceptors (Lipinski definition) is 2. The second-order valence-electron chi connectivity index (χ2n) is 3.62. The van der Waals surface area contributed by atoms with Gasteiger partial charge in [-0.2, -0.15) is 0 Å². The minimum absolute atomic E-state index is 0.202. The zero-order valence-corrected chi connectivity index (χ0v) is 9.49. The molecule has 0 aliphatic rings. The lowest BCUT2D eigenvalue weighted by Gasteiger charge is -2.06. The van der Waals surface area contributed by atoms with Crippen molar-refractivity contribution in [1.29, 1.82) is 0 Å². The van der Waals surface area contributed by atoms with Crippen molar-refractivity contribution in [3.63, 3.8) is 0 Å². The number of hydrogen-bond donors (Lipinski definition) is 1. The topological polar surface area (TPSA) is 26.0 Å². The van der Waals surface area contributed by atoms with Crippen molar-refractivity contribution >= 4 is 17.0 Å². The van der Waals surface area contributed by atoms with Crippen LogP contribution in [0, 0.1) is 19.7 Å². The van der Waals surface area contributed by atoms with Crippen LogP contribution in [0.15, 0.2) is 23.6 Å². The molecule has 1 aromatic carbocycles. The lowest BCUT2D eigenvalue weighted by atomic mass is 10.1. The number of benzene rings is 1. The summed E-state index contributed by atoms with van der Waals surface area (Å²) in [6.07, 6.45) is 0. The molecular weight excluding hydrogens is 209 g/mol. The molecule has 0 aliphatic heterocycles. The number of nitrogens with two attached hydrogens (primary N) is 1. The highest BCUT2D eigenvalue weighted by Gasteiger charge is 2.10. The molecule has 0 fully saturated rings. The van der Waals surface area contributed by atoms with Crippen molar-refractivity contribution in [3.05, 3.63) is 40.5 Å². The molecule has 2 aromatic rings. The van der Waals surface area contributed by atoms with Crippen molar-refractivity contribution in [2.45, 2.75) is 13.8 Å². The third-order valence-corrected chi connectivity index (χ3v) is 3.51. The molecule has 0 atom stereocenters. The molecule has 0 amide bonds.